The number of amides is 1. The van der Waals surface area contributed by atoms with Gasteiger partial charge in [-0.3, -0.25) is 14.5 Å². The van der Waals surface area contributed by atoms with E-state index in [-0.39, 0.29) is 18.9 Å². The van der Waals surface area contributed by atoms with Crippen LogP contribution in [-0.4, -0.2) is 59.5 Å². The van der Waals surface area contributed by atoms with Crippen LogP contribution < -0.4 is 0 Å². The summed E-state index contributed by atoms with van der Waals surface area (Å²) in [7, 11) is 3.52. The minimum atomic E-state index is -0.811. The second kappa shape index (κ2) is 7.99. The molecule has 0 aromatic carbocycles. The van der Waals surface area contributed by atoms with Crippen molar-refractivity contribution in [3.05, 3.63) is 0 Å². The van der Waals surface area contributed by atoms with E-state index in [4.69, 9.17) is 5.26 Å². The van der Waals surface area contributed by atoms with Crippen LogP contribution in [0.25, 0.3) is 0 Å². The highest BCUT2D eigenvalue weighted by molar-refractivity contribution is 5.78. The van der Waals surface area contributed by atoms with E-state index >= 15 is 0 Å². The number of likely N-dealkylation sites (N-methyl/N-ethyl adjacent to an activating group) is 2. The van der Waals surface area contributed by atoms with E-state index in [0.29, 0.717) is 13.0 Å². The summed E-state index contributed by atoms with van der Waals surface area (Å²) < 4.78 is 0. The Labute approximate surface area is 126 Å². The molecule has 1 amide bonds. The Morgan fingerprint density at radius 2 is 1.86 bits per heavy atom. The van der Waals surface area contributed by atoms with E-state index in [2.05, 4.69) is 0 Å². The summed E-state index contributed by atoms with van der Waals surface area (Å²) in [6.07, 6.45) is 5.19. The maximum Gasteiger partial charge on any atom is 0.305 e. The molecule has 0 radical (unpaired) electrons. The first-order valence-electron chi connectivity index (χ1n) is 7.45. The molecular formula is C15H25N3O3. The zero-order valence-electron chi connectivity index (χ0n) is 13.0. The van der Waals surface area contributed by atoms with Gasteiger partial charge in [0, 0.05) is 19.1 Å². The molecule has 1 aliphatic rings. The summed E-state index contributed by atoms with van der Waals surface area (Å²) in [4.78, 5) is 26.8. The van der Waals surface area contributed by atoms with Crippen LogP contribution in [0.2, 0.25) is 0 Å². The average Bonchev–Trinajstić information content (AvgIpc) is 2.44. The van der Waals surface area contributed by atoms with Crippen LogP contribution in [0.5, 0.6) is 0 Å². The molecule has 1 aliphatic carbocycles. The van der Waals surface area contributed by atoms with Crippen LogP contribution in [0.3, 0.4) is 0 Å². The molecule has 0 spiro atoms. The number of nitriles is 1. The number of carboxylic acid groups (broad SMARTS) is 1. The first-order chi connectivity index (χ1) is 9.91. The molecular weight excluding hydrogens is 270 g/mol. The van der Waals surface area contributed by atoms with Gasteiger partial charge in [-0.2, -0.15) is 5.26 Å². The Balaban J connectivity index is 2.68. The van der Waals surface area contributed by atoms with E-state index in [1.165, 1.54) is 4.90 Å². The van der Waals surface area contributed by atoms with Crippen molar-refractivity contribution < 1.29 is 14.7 Å². The third kappa shape index (κ3) is 5.01. The lowest BCUT2D eigenvalue weighted by Crippen LogP contribution is -2.52. The number of aliphatic carboxylic acids is 1. The number of rotatable bonds is 7. The molecule has 0 unspecified atom stereocenters. The van der Waals surface area contributed by atoms with Crippen LogP contribution in [0, 0.1) is 11.3 Å². The number of hydrogen-bond acceptors (Lipinski definition) is 4. The fourth-order valence-electron chi connectivity index (χ4n) is 3.02. The molecule has 6 nitrogen and oxygen atoms in total. The summed E-state index contributed by atoms with van der Waals surface area (Å²) in [5.74, 6) is -0.878. The van der Waals surface area contributed by atoms with Gasteiger partial charge >= 0.3 is 5.97 Å². The molecule has 1 fully saturated rings. The molecule has 0 bridgehead atoms. The highest BCUT2D eigenvalue weighted by Gasteiger charge is 2.38. The van der Waals surface area contributed by atoms with Gasteiger partial charge < -0.3 is 10.0 Å². The molecule has 1 rings (SSSR count). The van der Waals surface area contributed by atoms with Gasteiger partial charge in [-0.1, -0.05) is 19.3 Å². The largest absolute Gasteiger partial charge is 0.481 e. The normalized spacial score (nSPS) is 17.2. The molecule has 21 heavy (non-hydrogen) atoms. The first kappa shape index (κ1) is 17.4. The van der Waals surface area contributed by atoms with Crippen molar-refractivity contribution in [2.75, 3.05) is 27.2 Å². The van der Waals surface area contributed by atoms with Crippen LogP contribution in [0.4, 0.5) is 0 Å². The molecule has 0 saturated heterocycles. The Hall–Kier alpha value is -1.61. The Bertz CT molecular complexity index is 411. The van der Waals surface area contributed by atoms with E-state index in [0.717, 1.165) is 32.1 Å². The molecule has 1 saturated carbocycles. The summed E-state index contributed by atoms with van der Waals surface area (Å²) in [5, 5.41) is 17.7. The molecule has 1 N–H and O–H groups in total. The van der Waals surface area contributed by atoms with Crippen molar-refractivity contribution in [1.29, 1.82) is 5.26 Å². The van der Waals surface area contributed by atoms with Gasteiger partial charge in [-0.15, -0.1) is 0 Å². The third-order valence-corrected chi connectivity index (χ3v) is 4.43. The van der Waals surface area contributed by atoms with Gasteiger partial charge in [0.2, 0.25) is 5.91 Å². The van der Waals surface area contributed by atoms with Crippen LogP contribution in [0.1, 0.15) is 44.9 Å². The third-order valence-electron chi connectivity index (χ3n) is 4.43. The lowest BCUT2D eigenvalue weighted by molar-refractivity contribution is -0.143. The minimum Gasteiger partial charge on any atom is -0.481 e. The van der Waals surface area contributed by atoms with Crippen LogP contribution in [0.15, 0.2) is 0 Å². The van der Waals surface area contributed by atoms with Gasteiger partial charge in [-0.25, -0.2) is 0 Å². The number of carbonyl (C=O) groups is 2. The van der Waals surface area contributed by atoms with Crippen molar-refractivity contribution in [3.8, 4) is 6.07 Å². The molecule has 118 valence electrons. The highest BCUT2D eigenvalue weighted by Crippen LogP contribution is 2.35. The van der Waals surface area contributed by atoms with Gasteiger partial charge in [0.25, 0.3) is 0 Å². The number of carbonyl (C=O) groups excluding carboxylic acids is 1. The molecule has 0 atom stereocenters. The lowest BCUT2D eigenvalue weighted by Gasteiger charge is -2.44. The van der Waals surface area contributed by atoms with Gasteiger partial charge in [-0.05, 0) is 19.9 Å². The van der Waals surface area contributed by atoms with Crippen molar-refractivity contribution in [2.45, 2.75) is 50.5 Å². The molecule has 0 aliphatic heterocycles. The predicted octanol–water partition coefficient (Wildman–Crippen LogP) is 1.47. The molecule has 0 aromatic heterocycles. The summed E-state index contributed by atoms with van der Waals surface area (Å²) >= 11 is 0. The smallest absolute Gasteiger partial charge is 0.305 e. The summed E-state index contributed by atoms with van der Waals surface area (Å²) in [6, 6.07) is 2.02. The SMILES string of the molecule is CN(CCC#N)C(=O)CN(C)C1(CC(=O)O)CCCCC1. The van der Waals surface area contributed by atoms with E-state index in [1.807, 2.05) is 18.0 Å². The fourth-order valence-corrected chi connectivity index (χ4v) is 3.02. The first-order valence-corrected chi connectivity index (χ1v) is 7.45. The lowest BCUT2D eigenvalue weighted by atomic mass is 9.78. The summed E-state index contributed by atoms with van der Waals surface area (Å²) in [6.45, 7) is 0.615. The zero-order chi connectivity index (χ0) is 15.9. The van der Waals surface area contributed by atoms with Crippen molar-refractivity contribution >= 4 is 11.9 Å². The number of nitrogens with zero attached hydrogens (tertiary/aromatic N) is 3. The van der Waals surface area contributed by atoms with Gasteiger partial charge in [0.1, 0.15) is 0 Å². The minimum absolute atomic E-state index is 0.0666. The second-order valence-electron chi connectivity index (χ2n) is 5.93. The predicted molar refractivity (Wildman–Crippen MR) is 78.6 cm³/mol. The number of carboxylic acids is 1. The molecule has 0 heterocycles. The molecule has 0 aromatic rings. The maximum absolute atomic E-state index is 12.2. The van der Waals surface area contributed by atoms with Gasteiger partial charge in [0.15, 0.2) is 0 Å². The van der Waals surface area contributed by atoms with Crippen LogP contribution >= 0.6 is 0 Å². The van der Waals surface area contributed by atoms with Crippen molar-refractivity contribution in [2.24, 2.45) is 0 Å². The highest BCUT2D eigenvalue weighted by atomic mass is 16.4. The molecule has 6 heteroatoms. The monoisotopic (exact) mass is 295 g/mol. The van der Waals surface area contributed by atoms with Crippen molar-refractivity contribution in [1.82, 2.24) is 9.80 Å². The van der Waals surface area contributed by atoms with E-state index in [1.54, 1.807) is 7.05 Å². The Morgan fingerprint density at radius 1 is 1.24 bits per heavy atom. The Morgan fingerprint density at radius 3 is 2.38 bits per heavy atom. The quantitative estimate of drug-likeness (QED) is 0.768. The summed E-state index contributed by atoms with van der Waals surface area (Å²) in [5.41, 5.74) is -0.407. The zero-order valence-corrected chi connectivity index (χ0v) is 13.0. The van der Waals surface area contributed by atoms with E-state index in [9.17, 15) is 14.7 Å². The van der Waals surface area contributed by atoms with Crippen LogP contribution in [-0.2, 0) is 9.59 Å². The Kier molecular flexibility index (Phi) is 6.63. The fraction of sp³-hybridized carbons (Fsp3) is 0.800. The number of hydrogen-bond donors (Lipinski definition) is 1. The average molecular weight is 295 g/mol. The van der Waals surface area contributed by atoms with Crippen molar-refractivity contribution in [3.63, 3.8) is 0 Å². The maximum atomic E-state index is 12.2. The standard InChI is InChI=1S/C15H25N3O3/c1-17(10-6-9-16)13(19)12-18(2)15(11-14(20)21)7-4-3-5-8-15/h3-8,10-12H2,1-2H3,(H,20,21). The second-order valence-corrected chi connectivity index (χ2v) is 5.93. The topological polar surface area (TPSA) is 84.6 Å². The van der Waals surface area contributed by atoms with E-state index < -0.39 is 11.5 Å². The van der Waals surface area contributed by atoms with Gasteiger partial charge in [0.05, 0.1) is 25.5 Å².